The monoisotopic (exact) mass is 146 g/mol. The first-order chi connectivity index (χ1) is 4.33. The molecule has 0 spiro atoms. The van der Waals surface area contributed by atoms with Gasteiger partial charge in [-0.3, -0.25) is 15.1 Å². The van der Waals surface area contributed by atoms with E-state index in [-0.39, 0.29) is 0 Å². The summed E-state index contributed by atoms with van der Waals surface area (Å²) in [5.74, 6) is 5.47. The van der Waals surface area contributed by atoms with E-state index in [2.05, 4.69) is 4.99 Å². The van der Waals surface area contributed by atoms with Crippen LogP contribution in [-0.4, -0.2) is 35.2 Å². The lowest BCUT2D eigenvalue weighted by Crippen LogP contribution is -2.42. The number of nitrogens with zero attached hydrogens (tertiary/aromatic N) is 3. The summed E-state index contributed by atoms with van der Waals surface area (Å²) < 4.78 is 1.96. The first-order valence-electron chi connectivity index (χ1n) is 2.63. The van der Waals surface area contributed by atoms with E-state index in [1.54, 1.807) is 23.3 Å². The highest BCUT2D eigenvalue weighted by Gasteiger charge is 2.06. The first kappa shape index (κ1) is 6.85. The second-order valence-corrected chi connectivity index (χ2v) is 2.60. The van der Waals surface area contributed by atoms with E-state index in [1.165, 1.54) is 0 Å². The van der Waals surface area contributed by atoms with Crippen LogP contribution in [-0.2, 0) is 0 Å². The summed E-state index contributed by atoms with van der Waals surface area (Å²) >= 11 is 1.61. The van der Waals surface area contributed by atoms with Crippen molar-refractivity contribution < 1.29 is 0 Å². The third-order valence-corrected chi connectivity index (χ3v) is 1.71. The fourth-order valence-electron chi connectivity index (χ4n) is 0.598. The van der Waals surface area contributed by atoms with Crippen molar-refractivity contribution in [3.05, 3.63) is 0 Å². The molecule has 0 aromatic heterocycles. The molecule has 0 aromatic carbocycles. The Kier molecular flexibility index (Phi) is 2.32. The van der Waals surface area contributed by atoms with Crippen LogP contribution in [0.4, 0.5) is 0 Å². The summed E-state index contributed by atoms with van der Waals surface area (Å²) in [6.07, 6.45) is 3.79. The lowest BCUT2D eigenvalue weighted by atomic mass is 10.8. The van der Waals surface area contributed by atoms with Crippen LogP contribution in [0.15, 0.2) is 4.99 Å². The fraction of sp³-hybridized carbons (Fsp3) is 0.750. The van der Waals surface area contributed by atoms with E-state index >= 15 is 0 Å². The molecule has 5 heteroatoms. The van der Waals surface area contributed by atoms with Crippen molar-refractivity contribution in [1.29, 1.82) is 0 Å². The van der Waals surface area contributed by atoms with Crippen LogP contribution in [0.3, 0.4) is 0 Å². The van der Waals surface area contributed by atoms with E-state index in [9.17, 15) is 0 Å². The second-order valence-electron chi connectivity index (χ2n) is 1.77. The molecule has 1 rings (SSSR count). The third kappa shape index (κ3) is 1.85. The predicted octanol–water partition coefficient (Wildman–Crippen LogP) is -0.301. The van der Waals surface area contributed by atoms with Gasteiger partial charge in [0.25, 0.3) is 0 Å². The molecule has 0 amide bonds. The van der Waals surface area contributed by atoms with Crippen molar-refractivity contribution in [2.45, 2.75) is 0 Å². The quantitative estimate of drug-likeness (QED) is 0.407. The lowest BCUT2D eigenvalue weighted by Gasteiger charge is -2.25. The molecule has 0 saturated heterocycles. The molecule has 9 heavy (non-hydrogen) atoms. The van der Waals surface area contributed by atoms with Crippen molar-refractivity contribution in [1.82, 2.24) is 9.31 Å². The molecule has 0 bridgehead atoms. The van der Waals surface area contributed by atoms with E-state index in [1.807, 2.05) is 10.6 Å². The topological polar surface area (TPSA) is 44.9 Å². The summed E-state index contributed by atoms with van der Waals surface area (Å²) in [4.78, 5) is 3.99. The van der Waals surface area contributed by atoms with Gasteiger partial charge < -0.3 is 0 Å². The highest BCUT2D eigenvalue weighted by atomic mass is 32.2. The van der Waals surface area contributed by atoms with Gasteiger partial charge in [-0.05, 0) is 0 Å². The van der Waals surface area contributed by atoms with E-state index in [4.69, 9.17) is 5.84 Å². The Morgan fingerprint density at radius 1 is 1.78 bits per heavy atom. The summed E-state index contributed by atoms with van der Waals surface area (Å²) in [6.45, 7) is 1.36. The molecule has 1 aliphatic rings. The van der Waals surface area contributed by atoms with Gasteiger partial charge in [0.1, 0.15) is 6.67 Å². The van der Waals surface area contributed by atoms with Crippen LogP contribution in [0.1, 0.15) is 0 Å². The molecule has 0 saturated carbocycles. The standard InChI is InChI=1S/C4H10N4S/c1-9-8-3-6-2-7(5)4-8/h3H,2,4-5H2,1H3. The minimum absolute atomic E-state index is 0.608. The van der Waals surface area contributed by atoms with Crippen LogP contribution in [0, 0.1) is 0 Å². The van der Waals surface area contributed by atoms with Crippen molar-refractivity contribution in [2.75, 3.05) is 19.6 Å². The van der Waals surface area contributed by atoms with Gasteiger partial charge >= 0.3 is 0 Å². The zero-order valence-electron chi connectivity index (χ0n) is 5.32. The highest BCUT2D eigenvalue weighted by molar-refractivity contribution is 7.96. The molecule has 0 aliphatic carbocycles. The van der Waals surface area contributed by atoms with E-state index < -0.39 is 0 Å². The van der Waals surface area contributed by atoms with Crippen molar-refractivity contribution in [3.63, 3.8) is 0 Å². The third-order valence-electron chi connectivity index (χ3n) is 1.03. The van der Waals surface area contributed by atoms with Crippen LogP contribution in [0.25, 0.3) is 0 Å². The average Bonchev–Trinajstić information content (AvgIpc) is 1.88. The first-order valence-corrected chi connectivity index (χ1v) is 3.81. The van der Waals surface area contributed by atoms with Crippen LogP contribution >= 0.6 is 11.9 Å². The minimum Gasteiger partial charge on any atom is -0.291 e. The summed E-state index contributed by atoms with van der Waals surface area (Å²) in [7, 11) is 0. The Morgan fingerprint density at radius 3 is 3.00 bits per heavy atom. The number of aliphatic imine (C=N–C) groups is 1. The van der Waals surface area contributed by atoms with E-state index in [0.29, 0.717) is 6.67 Å². The molecule has 2 N–H and O–H groups in total. The van der Waals surface area contributed by atoms with Gasteiger partial charge in [0.15, 0.2) is 0 Å². The molecule has 0 aromatic rings. The van der Waals surface area contributed by atoms with Gasteiger partial charge in [0.2, 0.25) is 0 Å². The van der Waals surface area contributed by atoms with Crippen LogP contribution in [0.2, 0.25) is 0 Å². The molecule has 1 aliphatic heterocycles. The van der Waals surface area contributed by atoms with Crippen LogP contribution in [0.5, 0.6) is 0 Å². The number of hydrazine groups is 1. The van der Waals surface area contributed by atoms with Gasteiger partial charge in [-0.25, -0.2) is 5.01 Å². The van der Waals surface area contributed by atoms with Gasteiger partial charge in [-0.1, -0.05) is 11.9 Å². The number of hydrogen-bond donors (Lipinski definition) is 1. The molecule has 0 radical (unpaired) electrons. The number of hydrogen-bond acceptors (Lipinski definition) is 5. The van der Waals surface area contributed by atoms with Gasteiger partial charge in [0.05, 0.1) is 13.0 Å². The fourth-order valence-corrected chi connectivity index (χ4v) is 1.02. The Morgan fingerprint density at radius 2 is 2.56 bits per heavy atom. The number of rotatable bonds is 1. The van der Waals surface area contributed by atoms with E-state index in [0.717, 1.165) is 6.67 Å². The van der Waals surface area contributed by atoms with Crippen molar-refractivity contribution in [2.24, 2.45) is 10.8 Å². The molecule has 0 unspecified atom stereocenters. The summed E-state index contributed by atoms with van der Waals surface area (Å²) in [6, 6.07) is 0. The normalized spacial score (nSPS) is 20.9. The molecule has 0 fully saturated rings. The Hall–Kier alpha value is -0.260. The summed E-state index contributed by atoms with van der Waals surface area (Å²) in [5.41, 5.74) is 0. The minimum atomic E-state index is 0.608. The maximum absolute atomic E-state index is 5.47. The van der Waals surface area contributed by atoms with Crippen molar-refractivity contribution in [3.8, 4) is 0 Å². The predicted molar refractivity (Wildman–Crippen MR) is 39.6 cm³/mol. The Balaban J connectivity index is 2.39. The molecule has 0 atom stereocenters. The Bertz CT molecular complexity index is 115. The zero-order valence-corrected chi connectivity index (χ0v) is 6.14. The maximum atomic E-state index is 5.47. The molecular formula is C4H10N4S. The van der Waals surface area contributed by atoms with Gasteiger partial charge in [0, 0.05) is 6.26 Å². The smallest absolute Gasteiger partial charge is 0.107 e. The molecule has 52 valence electrons. The lowest BCUT2D eigenvalue weighted by molar-refractivity contribution is 0.237. The Labute approximate surface area is 58.8 Å². The second kappa shape index (κ2) is 3.05. The van der Waals surface area contributed by atoms with Crippen molar-refractivity contribution >= 4 is 18.3 Å². The molecule has 1 heterocycles. The zero-order chi connectivity index (χ0) is 6.69. The van der Waals surface area contributed by atoms with Gasteiger partial charge in [-0.15, -0.1) is 0 Å². The largest absolute Gasteiger partial charge is 0.291 e. The molecular weight excluding hydrogens is 136 g/mol. The maximum Gasteiger partial charge on any atom is 0.107 e. The summed E-state index contributed by atoms with van der Waals surface area (Å²) in [5, 5.41) is 1.65. The van der Waals surface area contributed by atoms with Gasteiger partial charge in [-0.2, -0.15) is 0 Å². The SMILES string of the molecule is CSN1C=NCN(N)C1. The molecule has 4 nitrogen and oxygen atoms in total. The average molecular weight is 146 g/mol. The highest BCUT2D eigenvalue weighted by Crippen LogP contribution is 2.04. The number of nitrogens with two attached hydrogens (primary N) is 1. The van der Waals surface area contributed by atoms with Crippen LogP contribution < -0.4 is 5.84 Å².